The van der Waals surface area contributed by atoms with Crippen LogP contribution in [0.5, 0.6) is 0 Å². The molecule has 1 aromatic carbocycles. The Bertz CT molecular complexity index is 546. The molecule has 0 spiro atoms. The van der Waals surface area contributed by atoms with Gasteiger partial charge in [-0.15, -0.1) is 0 Å². The van der Waals surface area contributed by atoms with E-state index in [-0.39, 0.29) is 6.10 Å². The lowest BCUT2D eigenvalue weighted by molar-refractivity contribution is 0.111. The summed E-state index contributed by atoms with van der Waals surface area (Å²) in [5, 5.41) is 11.7. The number of rotatable bonds is 2. The molecule has 94 valence electrons. The minimum Gasteiger partial charge on any atom is -0.388 e. The number of pyridine rings is 1. The number of aliphatic hydroxyl groups is 1. The van der Waals surface area contributed by atoms with Crippen molar-refractivity contribution in [1.29, 1.82) is 0 Å². The zero-order valence-electron chi connectivity index (χ0n) is 10.7. The number of fused-ring (bicyclic) bond motifs is 1. The number of aliphatic hydroxyl groups excluding tert-OH is 1. The summed E-state index contributed by atoms with van der Waals surface area (Å²) < 4.78 is 0. The molecule has 1 aliphatic carbocycles. The van der Waals surface area contributed by atoms with Gasteiger partial charge in [-0.2, -0.15) is 0 Å². The van der Waals surface area contributed by atoms with Gasteiger partial charge in [-0.25, -0.2) is 0 Å². The van der Waals surface area contributed by atoms with Gasteiger partial charge < -0.3 is 5.11 Å². The quantitative estimate of drug-likeness (QED) is 0.869. The predicted octanol–water partition coefficient (Wildman–Crippen LogP) is 3.70. The Morgan fingerprint density at radius 1 is 1.22 bits per heavy atom. The molecule has 0 aliphatic heterocycles. The number of aromatic nitrogens is 1. The summed E-state index contributed by atoms with van der Waals surface area (Å²) >= 11 is 0. The number of benzene rings is 1. The van der Waals surface area contributed by atoms with Crippen LogP contribution in [0.2, 0.25) is 0 Å². The first-order chi connectivity index (χ1) is 8.75. The third kappa shape index (κ3) is 2.01. The van der Waals surface area contributed by atoms with Crippen molar-refractivity contribution in [2.75, 3.05) is 0 Å². The van der Waals surface area contributed by atoms with Gasteiger partial charge >= 0.3 is 0 Å². The van der Waals surface area contributed by atoms with Crippen molar-refractivity contribution in [3.63, 3.8) is 0 Å². The molecular weight excluding hydrogens is 222 g/mol. The predicted molar refractivity (Wildman–Crippen MR) is 73.2 cm³/mol. The highest BCUT2D eigenvalue weighted by Crippen LogP contribution is 2.40. The zero-order valence-corrected chi connectivity index (χ0v) is 10.7. The Kier molecular flexibility index (Phi) is 3.04. The van der Waals surface area contributed by atoms with E-state index in [0.29, 0.717) is 5.92 Å². The Morgan fingerprint density at radius 3 is 2.89 bits per heavy atom. The number of nitrogens with zero attached hydrogens (tertiary/aromatic N) is 1. The lowest BCUT2D eigenvalue weighted by atomic mass is 9.91. The molecule has 3 unspecified atom stereocenters. The van der Waals surface area contributed by atoms with Gasteiger partial charge in [-0.3, -0.25) is 4.98 Å². The van der Waals surface area contributed by atoms with E-state index in [0.717, 1.165) is 35.2 Å². The Balaban J connectivity index is 1.98. The molecule has 1 heterocycles. The van der Waals surface area contributed by atoms with Gasteiger partial charge in [0.1, 0.15) is 0 Å². The highest BCUT2D eigenvalue weighted by Gasteiger charge is 2.29. The Labute approximate surface area is 108 Å². The summed E-state index contributed by atoms with van der Waals surface area (Å²) in [6, 6.07) is 10.0. The van der Waals surface area contributed by atoms with Crippen molar-refractivity contribution >= 4 is 10.9 Å². The van der Waals surface area contributed by atoms with Gasteiger partial charge in [0.25, 0.3) is 0 Å². The lowest BCUT2D eigenvalue weighted by Crippen LogP contribution is -2.10. The van der Waals surface area contributed by atoms with E-state index in [1.807, 2.05) is 24.3 Å². The fourth-order valence-corrected chi connectivity index (χ4v) is 3.18. The van der Waals surface area contributed by atoms with Crippen LogP contribution in [0.15, 0.2) is 36.5 Å². The average molecular weight is 241 g/mol. The van der Waals surface area contributed by atoms with Crippen LogP contribution >= 0.6 is 0 Å². The second-order valence-corrected chi connectivity index (χ2v) is 5.54. The minimum atomic E-state index is -0.345. The van der Waals surface area contributed by atoms with Gasteiger partial charge in [-0.1, -0.05) is 31.5 Å². The van der Waals surface area contributed by atoms with Crippen LogP contribution in [0.1, 0.15) is 37.9 Å². The number of hydrogen-bond acceptors (Lipinski definition) is 2. The molecule has 1 aromatic heterocycles. The summed E-state index contributed by atoms with van der Waals surface area (Å²) in [6.07, 6.45) is 4.97. The highest BCUT2D eigenvalue weighted by atomic mass is 16.3. The first-order valence-corrected chi connectivity index (χ1v) is 6.77. The molecule has 0 saturated heterocycles. The molecular formula is C16H19NO. The molecule has 1 fully saturated rings. The zero-order chi connectivity index (χ0) is 12.5. The van der Waals surface area contributed by atoms with E-state index < -0.39 is 0 Å². The van der Waals surface area contributed by atoms with Crippen molar-refractivity contribution in [1.82, 2.24) is 4.98 Å². The molecule has 0 bridgehead atoms. The van der Waals surface area contributed by atoms with E-state index in [1.165, 1.54) is 6.42 Å². The number of hydrogen-bond donors (Lipinski definition) is 1. The van der Waals surface area contributed by atoms with Crippen molar-refractivity contribution in [3.8, 4) is 0 Å². The summed E-state index contributed by atoms with van der Waals surface area (Å²) in [5.41, 5.74) is 2.01. The fourth-order valence-electron chi connectivity index (χ4n) is 3.18. The molecule has 1 N–H and O–H groups in total. The summed E-state index contributed by atoms with van der Waals surface area (Å²) in [5.74, 6) is 1.16. The first-order valence-electron chi connectivity index (χ1n) is 6.77. The molecule has 0 amide bonds. The molecule has 2 heteroatoms. The molecule has 1 saturated carbocycles. The summed E-state index contributed by atoms with van der Waals surface area (Å²) in [4.78, 5) is 4.35. The van der Waals surface area contributed by atoms with Crippen LogP contribution in [0.25, 0.3) is 10.9 Å². The fraction of sp³-hybridized carbons (Fsp3) is 0.438. The van der Waals surface area contributed by atoms with Crippen LogP contribution in [-0.4, -0.2) is 10.1 Å². The smallest absolute Gasteiger partial charge is 0.0824 e. The normalized spacial score (nSPS) is 25.4. The second-order valence-electron chi connectivity index (χ2n) is 5.54. The van der Waals surface area contributed by atoms with Crippen LogP contribution < -0.4 is 0 Å². The van der Waals surface area contributed by atoms with Crippen LogP contribution in [0.4, 0.5) is 0 Å². The van der Waals surface area contributed by atoms with Crippen LogP contribution in [-0.2, 0) is 0 Å². The maximum absolute atomic E-state index is 10.6. The van der Waals surface area contributed by atoms with Crippen molar-refractivity contribution < 1.29 is 5.11 Å². The maximum Gasteiger partial charge on any atom is 0.0824 e. The Hall–Kier alpha value is -1.41. The molecule has 0 radical (unpaired) electrons. The van der Waals surface area contributed by atoms with Crippen molar-refractivity contribution in [2.24, 2.45) is 11.8 Å². The third-order valence-electron chi connectivity index (χ3n) is 4.18. The van der Waals surface area contributed by atoms with Crippen LogP contribution in [0.3, 0.4) is 0 Å². The van der Waals surface area contributed by atoms with Gasteiger partial charge in [0.05, 0.1) is 11.6 Å². The van der Waals surface area contributed by atoms with E-state index in [2.05, 4.69) is 18.0 Å². The molecule has 3 atom stereocenters. The van der Waals surface area contributed by atoms with Gasteiger partial charge in [0.2, 0.25) is 0 Å². The SMILES string of the molecule is CC1CCC(C(O)c2cccc3ncccc23)C1. The van der Waals surface area contributed by atoms with E-state index in [1.54, 1.807) is 6.20 Å². The monoisotopic (exact) mass is 241 g/mol. The standard InChI is InChI=1S/C16H19NO/c1-11-7-8-12(10-11)16(18)14-4-2-6-15-13(14)5-3-9-17-15/h2-6,9,11-12,16,18H,7-8,10H2,1H3. The lowest BCUT2D eigenvalue weighted by Gasteiger charge is -2.19. The largest absolute Gasteiger partial charge is 0.388 e. The van der Waals surface area contributed by atoms with E-state index in [9.17, 15) is 5.11 Å². The van der Waals surface area contributed by atoms with Crippen LogP contribution in [0, 0.1) is 11.8 Å². The van der Waals surface area contributed by atoms with E-state index in [4.69, 9.17) is 0 Å². The van der Waals surface area contributed by atoms with Crippen molar-refractivity contribution in [3.05, 3.63) is 42.1 Å². The third-order valence-corrected chi connectivity index (χ3v) is 4.18. The molecule has 2 aromatic rings. The van der Waals surface area contributed by atoms with Gasteiger partial charge in [0, 0.05) is 11.6 Å². The highest BCUT2D eigenvalue weighted by molar-refractivity contribution is 5.82. The second kappa shape index (κ2) is 4.69. The Morgan fingerprint density at radius 2 is 2.11 bits per heavy atom. The average Bonchev–Trinajstić information content (AvgIpc) is 2.84. The molecule has 2 nitrogen and oxygen atoms in total. The summed E-state index contributed by atoms with van der Waals surface area (Å²) in [6.45, 7) is 2.28. The topological polar surface area (TPSA) is 33.1 Å². The summed E-state index contributed by atoms with van der Waals surface area (Å²) in [7, 11) is 0. The molecule has 3 rings (SSSR count). The van der Waals surface area contributed by atoms with E-state index >= 15 is 0 Å². The van der Waals surface area contributed by atoms with Crippen molar-refractivity contribution in [2.45, 2.75) is 32.3 Å². The first kappa shape index (κ1) is 11.7. The van der Waals surface area contributed by atoms with Gasteiger partial charge in [-0.05, 0) is 42.4 Å². The molecule has 1 aliphatic rings. The minimum absolute atomic E-state index is 0.345. The maximum atomic E-state index is 10.6. The van der Waals surface area contributed by atoms with Gasteiger partial charge in [0.15, 0.2) is 0 Å². The molecule has 18 heavy (non-hydrogen) atoms.